The van der Waals surface area contributed by atoms with E-state index in [2.05, 4.69) is 29.1 Å². The van der Waals surface area contributed by atoms with Crippen LogP contribution in [0.1, 0.15) is 13.8 Å². The Kier molecular flexibility index (Phi) is 6.85. The van der Waals surface area contributed by atoms with Gasteiger partial charge in [-0.3, -0.25) is 19.9 Å². The monoisotopic (exact) mass is 360 g/mol. The number of likely N-dealkylation sites (N-methyl/N-ethyl adjacent to an activating group) is 1. The molecule has 0 bridgehead atoms. The van der Waals surface area contributed by atoms with E-state index in [1.54, 1.807) is 24.3 Å². The SMILES string of the molecule is CCN(CC)CCN=CC1C(=O)NC(=O)N(c2cccc(OC)c2)C1=O. The number of carbonyl (C=O) groups is 3. The predicted molar refractivity (Wildman–Crippen MR) is 98.7 cm³/mol. The average Bonchev–Trinajstić information content (AvgIpc) is 2.64. The Balaban J connectivity index is 2.13. The molecule has 0 aliphatic carbocycles. The number of methoxy groups -OCH3 is 1. The summed E-state index contributed by atoms with van der Waals surface area (Å²) in [6.45, 7) is 7.16. The maximum absolute atomic E-state index is 12.7. The summed E-state index contributed by atoms with van der Waals surface area (Å²) in [5, 5.41) is 2.20. The third kappa shape index (κ3) is 4.45. The maximum atomic E-state index is 12.7. The molecule has 1 aliphatic rings. The van der Waals surface area contributed by atoms with E-state index < -0.39 is 23.8 Å². The number of nitrogens with zero attached hydrogens (tertiary/aromatic N) is 3. The van der Waals surface area contributed by atoms with E-state index in [0.29, 0.717) is 18.0 Å². The lowest BCUT2D eigenvalue weighted by atomic mass is 10.1. The topological polar surface area (TPSA) is 91.3 Å². The van der Waals surface area contributed by atoms with Crippen molar-refractivity contribution in [3.05, 3.63) is 24.3 Å². The summed E-state index contributed by atoms with van der Waals surface area (Å²) >= 11 is 0. The minimum atomic E-state index is -1.13. The molecule has 0 aromatic heterocycles. The number of ether oxygens (including phenoxy) is 1. The largest absolute Gasteiger partial charge is 0.497 e. The Labute approximate surface area is 152 Å². The van der Waals surface area contributed by atoms with Gasteiger partial charge in [-0.1, -0.05) is 19.9 Å². The number of aliphatic imine (C=N–C) groups is 1. The number of benzene rings is 1. The molecule has 8 heteroatoms. The Morgan fingerprint density at radius 2 is 2.00 bits per heavy atom. The molecule has 26 heavy (non-hydrogen) atoms. The van der Waals surface area contributed by atoms with Crippen molar-refractivity contribution >= 4 is 29.7 Å². The first-order valence-electron chi connectivity index (χ1n) is 8.56. The van der Waals surface area contributed by atoms with Gasteiger partial charge in [-0.15, -0.1) is 0 Å². The van der Waals surface area contributed by atoms with Crippen LogP contribution in [0.15, 0.2) is 29.3 Å². The number of rotatable bonds is 8. The van der Waals surface area contributed by atoms with Gasteiger partial charge in [0.15, 0.2) is 5.92 Å². The fourth-order valence-electron chi connectivity index (χ4n) is 2.63. The van der Waals surface area contributed by atoms with Gasteiger partial charge in [0, 0.05) is 18.8 Å². The number of amides is 4. The molecule has 2 rings (SSSR count). The zero-order chi connectivity index (χ0) is 19.1. The van der Waals surface area contributed by atoms with Crippen molar-refractivity contribution < 1.29 is 19.1 Å². The highest BCUT2D eigenvalue weighted by Gasteiger charge is 2.40. The fraction of sp³-hybridized carbons (Fsp3) is 0.444. The molecule has 1 N–H and O–H groups in total. The van der Waals surface area contributed by atoms with Crippen LogP contribution in [0.2, 0.25) is 0 Å². The van der Waals surface area contributed by atoms with Gasteiger partial charge in [0.2, 0.25) is 5.91 Å². The van der Waals surface area contributed by atoms with Crippen LogP contribution in [-0.2, 0) is 9.59 Å². The minimum absolute atomic E-state index is 0.334. The molecule has 8 nitrogen and oxygen atoms in total. The molecule has 1 saturated heterocycles. The molecule has 1 fully saturated rings. The van der Waals surface area contributed by atoms with Crippen LogP contribution >= 0.6 is 0 Å². The Hall–Kier alpha value is -2.74. The normalized spacial score (nSPS) is 17.9. The van der Waals surface area contributed by atoms with Gasteiger partial charge < -0.3 is 9.64 Å². The lowest BCUT2D eigenvalue weighted by molar-refractivity contribution is -0.131. The van der Waals surface area contributed by atoms with E-state index in [-0.39, 0.29) is 0 Å². The average molecular weight is 360 g/mol. The number of nitrogens with one attached hydrogen (secondary N) is 1. The summed E-state index contributed by atoms with van der Waals surface area (Å²) in [5.41, 5.74) is 0.334. The maximum Gasteiger partial charge on any atom is 0.335 e. The molecular weight excluding hydrogens is 336 g/mol. The lowest BCUT2D eigenvalue weighted by Gasteiger charge is -2.28. The second kappa shape index (κ2) is 9.10. The van der Waals surface area contributed by atoms with E-state index >= 15 is 0 Å². The van der Waals surface area contributed by atoms with Crippen LogP contribution in [0, 0.1) is 5.92 Å². The molecule has 1 unspecified atom stereocenters. The molecule has 0 saturated carbocycles. The van der Waals surface area contributed by atoms with E-state index in [0.717, 1.165) is 24.5 Å². The number of carbonyl (C=O) groups excluding carboxylic acids is 3. The van der Waals surface area contributed by atoms with Gasteiger partial charge in [-0.2, -0.15) is 0 Å². The van der Waals surface area contributed by atoms with Crippen molar-refractivity contribution in [2.75, 3.05) is 38.2 Å². The summed E-state index contributed by atoms with van der Waals surface area (Å²) in [6, 6.07) is 5.75. The van der Waals surface area contributed by atoms with Crippen LogP contribution in [0.4, 0.5) is 10.5 Å². The van der Waals surface area contributed by atoms with Gasteiger partial charge in [-0.25, -0.2) is 9.69 Å². The smallest absolute Gasteiger partial charge is 0.335 e. The second-order valence-corrected chi connectivity index (χ2v) is 5.73. The van der Waals surface area contributed by atoms with Crippen LogP contribution in [0.5, 0.6) is 5.75 Å². The quantitative estimate of drug-likeness (QED) is 0.557. The van der Waals surface area contributed by atoms with E-state index in [1.807, 2.05) is 0 Å². The Morgan fingerprint density at radius 3 is 2.65 bits per heavy atom. The molecule has 1 atom stereocenters. The third-order valence-electron chi connectivity index (χ3n) is 4.21. The van der Waals surface area contributed by atoms with Gasteiger partial charge in [0.25, 0.3) is 5.91 Å². The number of hydrogen-bond acceptors (Lipinski definition) is 6. The number of imide groups is 2. The molecule has 0 spiro atoms. The Bertz CT molecular complexity index is 700. The number of barbiturate groups is 1. The standard InChI is InChI=1S/C18H24N4O4/c1-4-21(5-2)10-9-19-12-15-16(23)20-18(25)22(17(15)24)13-7-6-8-14(11-13)26-3/h6-8,11-12,15H,4-5,9-10H2,1-3H3,(H,20,23,25). The number of hydrogen-bond donors (Lipinski definition) is 1. The zero-order valence-electron chi connectivity index (χ0n) is 15.3. The number of anilines is 1. The highest BCUT2D eigenvalue weighted by Crippen LogP contribution is 2.24. The molecule has 1 aliphatic heterocycles. The summed E-state index contributed by atoms with van der Waals surface area (Å²) in [6.07, 6.45) is 1.32. The molecule has 0 radical (unpaired) electrons. The molecule has 1 heterocycles. The van der Waals surface area contributed by atoms with Crippen LogP contribution in [0.25, 0.3) is 0 Å². The summed E-state index contributed by atoms with van der Waals surface area (Å²) in [7, 11) is 1.49. The van der Waals surface area contributed by atoms with Crippen LogP contribution < -0.4 is 15.0 Å². The molecular formula is C18H24N4O4. The Morgan fingerprint density at radius 1 is 1.27 bits per heavy atom. The van der Waals surface area contributed by atoms with Gasteiger partial charge in [0.05, 0.1) is 19.3 Å². The molecule has 140 valence electrons. The number of urea groups is 1. The van der Waals surface area contributed by atoms with Gasteiger partial charge >= 0.3 is 6.03 Å². The fourth-order valence-corrected chi connectivity index (χ4v) is 2.63. The van der Waals surface area contributed by atoms with E-state index in [1.165, 1.54) is 13.3 Å². The summed E-state index contributed by atoms with van der Waals surface area (Å²) in [5.74, 6) is -1.91. The zero-order valence-corrected chi connectivity index (χ0v) is 15.3. The molecule has 1 aromatic rings. The predicted octanol–water partition coefficient (Wildman–Crippen LogP) is 1.31. The highest BCUT2D eigenvalue weighted by atomic mass is 16.5. The summed E-state index contributed by atoms with van der Waals surface area (Å²) in [4.78, 5) is 44.2. The second-order valence-electron chi connectivity index (χ2n) is 5.73. The van der Waals surface area contributed by atoms with Crippen LogP contribution in [0.3, 0.4) is 0 Å². The van der Waals surface area contributed by atoms with Crippen molar-refractivity contribution in [3.8, 4) is 5.75 Å². The van der Waals surface area contributed by atoms with Gasteiger partial charge in [-0.05, 0) is 25.2 Å². The minimum Gasteiger partial charge on any atom is -0.497 e. The first kappa shape index (κ1) is 19.6. The van der Waals surface area contributed by atoms with E-state index in [4.69, 9.17) is 4.74 Å². The van der Waals surface area contributed by atoms with E-state index in [9.17, 15) is 14.4 Å². The van der Waals surface area contributed by atoms with Crippen molar-refractivity contribution in [2.45, 2.75) is 13.8 Å². The summed E-state index contributed by atoms with van der Waals surface area (Å²) < 4.78 is 5.12. The highest BCUT2D eigenvalue weighted by molar-refractivity contribution is 6.32. The van der Waals surface area contributed by atoms with Crippen molar-refractivity contribution in [1.82, 2.24) is 10.2 Å². The van der Waals surface area contributed by atoms with Crippen molar-refractivity contribution in [2.24, 2.45) is 10.9 Å². The van der Waals surface area contributed by atoms with Gasteiger partial charge in [0.1, 0.15) is 5.75 Å². The first-order valence-corrected chi connectivity index (χ1v) is 8.56. The van der Waals surface area contributed by atoms with Crippen LogP contribution in [-0.4, -0.2) is 62.2 Å². The lowest BCUT2D eigenvalue weighted by Crippen LogP contribution is -2.58. The molecule has 4 amide bonds. The van der Waals surface area contributed by atoms with Crippen molar-refractivity contribution in [1.29, 1.82) is 0 Å². The first-order chi connectivity index (χ1) is 12.5. The third-order valence-corrected chi connectivity index (χ3v) is 4.21. The van der Waals surface area contributed by atoms with Crippen molar-refractivity contribution in [3.63, 3.8) is 0 Å². The molecule has 1 aromatic carbocycles.